The van der Waals surface area contributed by atoms with Gasteiger partial charge in [-0.3, -0.25) is 14.5 Å². The number of carbonyl (C=O) groups is 2. The molecule has 3 heterocycles. The summed E-state index contributed by atoms with van der Waals surface area (Å²) in [5.41, 5.74) is 1.15. The summed E-state index contributed by atoms with van der Waals surface area (Å²) in [6.07, 6.45) is 0. The molecule has 1 N–H and O–H groups in total. The predicted octanol–water partition coefficient (Wildman–Crippen LogP) is 2.62. The number of benzene rings is 1. The van der Waals surface area contributed by atoms with Crippen LogP contribution in [0.1, 0.15) is 15.9 Å². The number of aromatic nitrogens is 1. The number of amides is 2. The van der Waals surface area contributed by atoms with E-state index in [0.29, 0.717) is 42.3 Å². The zero-order valence-corrected chi connectivity index (χ0v) is 19.0. The number of anilines is 1. The zero-order valence-electron chi connectivity index (χ0n) is 17.4. The molecular weight excluding hydrogens is 436 g/mol. The number of aryl methyl sites for hydroxylation is 1. The normalized spacial score (nSPS) is 17.6. The highest BCUT2D eigenvalue weighted by Gasteiger charge is 2.25. The Balaban J connectivity index is 1.21. The van der Waals surface area contributed by atoms with E-state index in [1.807, 2.05) is 46.6 Å². The van der Waals surface area contributed by atoms with Crippen LogP contribution < -0.4 is 10.1 Å². The molecule has 4 rings (SSSR count). The number of thioether (sulfide) groups is 2. The molecule has 2 aromatic rings. The average molecular weight is 463 g/mol. The maximum atomic E-state index is 12.7. The second-order valence-corrected chi connectivity index (χ2v) is 10.2. The van der Waals surface area contributed by atoms with Crippen molar-refractivity contribution in [1.82, 2.24) is 15.0 Å². The average Bonchev–Trinajstić information content (AvgIpc) is 3.45. The smallest absolute Gasteiger partial charge is 0.260 e. The van der Waals surface area contributed by atoms with Crippen LogP contribution in [0.5, 0.6) is 5.75 Å². The van der Waals surface area contributed by atoms with Crippen molar-refractivity contribution in [3.8, 4) is 5.75 Å². The van der Waals surface area contributed by atoms with Crippen molar-refractivity contribution < 1.29 is 18.8 Å². The molecule has 0 radical (unpaired) electrons. The molecule has 31 heavy (non-hydrogen) atoms. The van der Waals surface area contributed by atoms with Gasteiger partial charge in [0.1, 0.15) is 11.5 Å². The van der Waals surface area contributed by atoms with Crippen LogP contribution in [0.15, 0.2) is 34.9 Å². The molecule has 1 aromatic heterocycles. The van der Waals surface area contributed by atoms with Crippen molar-refractivity contribution in [1.29, 1.82) is 0 Å². The van der Waals surface area contributed by atoms with Crippen molar-refractivity contribution >= 4 is 41.2 Å². The van der Waals surface area contributed by atoms with Crippen molar-refractivity contribution in [3.05, 3.63) is 41.7 Å². The van der Waals surface area contributed by atoms with E-state index >= 15 is 0 Å². The van der Waals surface area contributed by atoms with Crippen LogP contribution >= 0.6 is 23.5 Å². The van der Waals surface area contributed by atoms with E-state index in [2.05, 4.69) is 16.5 Å². The first-order valence-electron chi connectivity index (χ1n) is 10.3. The van der Waals surface area contributed by atoms with Gasteiger partial charge >= 0.3 is 0 Å². The molecule has 0 unspecified atom stereocenters. The summed E-state index contributed by atoms with van der Waals surface area (Å²) in [6, 6.07) is 9.66. The minimum absolute atomic E-state index is 0.0243. The van der Waals surface area contributed by atoms with E-state index in [-0.39, 0.29) is 25.0 Å². The molecule has 2 fully saturated rings. The van der Waals surface area contributed by atoms with Crippen molar-refractivity contribution in [2.75, 3.05) is 56.2 Å². The molecule has 0 atom stereocenters. The summed E-state index contributed by atoms with van der Waals surface area (Å²) in [5, 5.41) is 6.49. The van der Waals surface area contributed by atoms with Gasteiger partial charge in [-0.1, -0.05) is 23.4 Å². The molecular formula is C21H26N4O4S2. The molecule has 2 aliphatic rings. The number of carbonyl (C=O) groups excluding carboxylic acids is 2. The Labute approximate surface area is 190 Å². The monoisotopic (exact) mass is 462 g/mol. The Bertz CT molecular complexity index is 908. The van der Waals surface area contributed by atoms with Crippen LogP contribution in [0.2, 0.25) is 0 Å². The Kier molecular flexibility index (Phi) is 7.41. The fourth-order valence-corrected chi connectivity index (χ4v) is 6.45. The van der Waals surface area contributed by atoms with Gasteiger partial charge in [0.25, 0.3) is 5.91 Å². The number of nitrogens with one attached hydrogen (secondary N) is 1. The van der Waals surface area contributed by atoms with Gasteiger partial charge in [0, 0.05) is 49.3 Å². The van der Waals surface area contributed by atoms with E-state index in [1.165, 1.54) is 0 Å². The summed E-state index contributed by atoms with van der Waals surface area (Å²) >= 11 is 3.84. The standard InChI is InChI=1S/C21H26N4O4S2/c1-15-12-18(23-29-15)22-19(26)13-24-6-8-25(9-7-24)20(27)14-28-17-5-3-2-4-16(17)21-30-10-11-31-21/h2-5,12,21H,6-11,13-14H2,1H3,(H,22,23,26). The molecule has 1 aromatic carbocycles. The van der Waals surface area contributed by atoms with Crippen LogP contribution in [-0.2, 0) is 9.59 Å². The summed E-state index contributed by atoms with van der Waals surface area (Å²) in [7, 11) is 0. The minimum Gasteiger partial charge on any atom is -0.483 e. The Hall–Kier alpha value is -2.17. The highest BCUT2D eigenvalue weighted by atomic mass is 32.2. The quantitative estimate of drug-likeness (QED) is 0.672. The number of rotatable bonds is 7. The van der Waals surface area contributed by atoms with Crippen LogP contribution in [0.3, 0.4) is 0 Å². The fraction of sp³-hybridized carbons (Fsp3) is 0.476. The largest absolute Gasteiger partial charge is 0.483 e. The van der Waals surface area contributed by atoms with Gasteiger partial charge in [-0.25, -0.2) is 0 Å². The molecule has 0 bridgehead atoms. The van der Waals surface area contributed by atoms with E-state index < -0.39 is 0 Å². The number of para-hydroxylation sites is 1. The summed E-state index contributed by atoms with van der Waals surface area (Å²) in [4.78, 5) is 28.6. The summed E-state index contributed by atoms with van der Waals surface area (Å²) in [6.45, 7) is 4.50. The van der Waals surface area contributed by atoms with Crippen molar-refractivity contribution in [3.63, 3.8) is 0 Å². The molecule has 10 heteroatoms. The first-order chi connectivity index (χ1) is 15.1. The van der Waals surface area contributed by atoms with Gasteiger partial charge in [0.2, 0.25) is 5.91 Å². The molecule has 0 spiro atoms. The maximum Gasteiger partial charge on any atom is 0.260 e. The third-order valence-electron chi connectivity index (χ3n) is 5.13. The van der Waals surface area contributed by atoms with Crippen LogP contribution in [0.4, 0.5) is 5.82 Å². The Morgan fingerprint density at radius 2 is 1.94 bits per heavy atom. The number of nitrogens with zero attached hydrogens (tertiary/aromatic N) is 3. The van der Waals surface area contributed by atoms with E-state index in [9.17, 15) is 9.59 Å². The highest BCUT2D eigenvalue weighted by Crippen LogP contribution is 2.48. The van der Waals surface area contributed by atoms with E-state index in [4.69, 9.17) is 9.26 Å². The van der Waals surface area contributed by atoms with E-state index in [1.54, 1.807) is 17.9 Å². The lowest BCUT2D eigenvalue weighted by Crippen LogP contribution is -2.51. The molecule has 0 aliphatic carbocycles. The Morgan fingerprint density at radius 1 is 1.19 bits per heavy atom. The molecule has 2 aliphatic heterocycles. The second-order valence-electron chi connectivity index (χ2n) is 7.43. The predicted molar refractivity (Wildman–Crippen MR) is 122 cm³/mol. The molecule has 166 valence electrons. The van der Waals surface area contributed by atoms with Gasteiger partial charge in [-0.2, -0.15) is 0 Å². The van der Waals surface area contributed by atoms with Crippen LogP contribution in [0, 0.1) is 6.92 Å². The van der Waals surface area contributed by atoms with E-state index in [0.717, 1.165) is 22.8 Å². The topological polar surface area (TPSA) is 87.9 Å². The summed E-state index contributed by atoms with van der Waals surface area (Å²) < 4.78 is 11.2. The van der Waals surface area contributed by atoms with Gasteiger partial charge in [-0.15, -0.1) is 23.5 Å². The van der Waals surface area contributed by atoms with Gasteiger partial charge in [0.15, 0.2) is 12.4 Å². The number of hydrogen-bond acceptors (Lipinski definition) is 8. The minimum atomic E-state index is -0.143. The SMILES string of the molecule is Cc1cc(NC(=O)CN2CCN(C(=O)COc3ccccc3C3SCCS3)CC2)no1. The molecule has 2 amide bonds. The first kappa shape index (κ1) is 22.0. The Morgan fingerprint density at radius 3 is 2.65 bits per heavy atom. The van der Waals surface area contributed by atoms with Gasteiger partial charge in [-0.05, 0) is 13.0 Å². The third-order valence-corrected chi connectivity index (χ3v) is 8.20. The third kappa shape index (κ3) is 5.96. The summed E-state index contributed by atoms with van der Waals surface area (Å²) in [5.74, 6) is 3.98. The molecule has 0 saturated carbocycles. The number of piperazine rings is 1. The van der Waals surface area contributed by atoms with Gasteiger partial charge < -0.3 is 19.5 Å². The lowest BCUT2D eigenvalue weighted by Gasteiger charge is -2.34. The van der Waals surface area contributed by atoms with Crippen LogP contribution in [-0.4, -0.2) is 77.6 Å². The van der Waals surface area contributed by atoms with Crippen molar-refractivity contribution in [2.24, 2.45) is 0 Å². The first-order valence-corrected chi connectivity index (χ1v) is 12.4. The maximum absolute atomic E-state index is 12.7. The van der Waals surface area contributed by atoms with Crippen LogP contribution in [0.25, 0.3) is 0 Å². The number of hydrogen-bond donors (Lipinski definition) is 1. The van der Waals surface area contributed by atoms with Gasteiger partial charge in [0.05, 0.1) is 11.1 Å². The fourth-order valence-electron chi connectivity index (χ4n) is 3.54. The zero-order chi connectivity index (χ0) is 21.6. The lowest BCUT2D eigenvalue weighted by molar-refractivity contribution is -0.135. The molecule has 8 nitrogen and oxygen atoms in total. The van der Waals surface area contributed by atoms with Crippen molar-refractivity contribution in [2.45, 2.75) is 11.5 Å². The highest BCUT2D eigenvalue weighted by molar-refractivity contribution is 8.19. The molecule has 2 saturated heterocycles. The number of ether oxygens (including phenoxy) is 1. The second kappa shape index (κ2) is 10.4. The lowest BCUT2D eigenvalue weighted by atomic mass is 10.2.